The molecule has 0 saturated carbocycles. The van der Waals surface area contributed by atoms with Crippen molar-refractivity contribution >= 4 is 52.3 Å². The average molecular weight is 288 g/mol. The van der Waals surface area contributed by atoms with Crippen molar-refractivity contribution in [2.24, 2.45) is 0 Å². The molecule has 1 amide bonds. The predicted molar refractivity (Wildman–Crippen MR) is 54.4 cm³/mol. The second-order valence-corrected chi connectivity index (χ2v) is 4.92. The zero-order chi connectivity index (χ0) is 12.5. The van der Waals surface area contributed by atoms with Crippen LogP contribution in [0.1, 0.15) is 17.4 Å². The third-order valence-electron chi connectivity index (χ3n) is 1.44. The molecular formula is C6H4Cl3N3O4. The molecule has 1 aromatic rings. The summed E-state index contributed by atoms with van der Waals surface area (Å²) in [5.41, 5.74) is -0.363. The van der Waals surface area contributed by atoms with E-state index in [4.69, 9.17) is 34.8 Å². The van der Waals surface area contributed by atoms with Gasteiger partial charge in [-0.1, -0.05) is 39.7 Å². The Kier molecular flexibility index (Phi) is 3.61. The maximum absolute atomic E-state index is 11.2. The van der Waals surface area contributed by atoms with E-state index in [9.17, 15) is 14.8 Å². The number of rotatable bonds is 2. The van der Waals surface area contributed by atoms with Crippen molar-refractivity contribution in [1.82, 2.24) is 5.16 Å². The minimum absolute atomic E-state index is 0.176. The van der Waals surface area contributed by atoms with Crippen LogP contribution in [0.25, 0.3) is 0 Å². The lowest BCUT2D eigenvalue weighted by atomic mass is 10.3. The van der Waals surface area contributed by atoms with Gasteiger partial charge in [-0.15, -0.1) is 0 Å². The fourth-order valence-electron chi connectivity index (χ4n) is 0.763. The van der Waals surface area contributed by atoms with Gasteiger partial charge in [-0.25, -0.2) is 5.32 Å². The number of Topliss-reactive ketones (excluding diaryl/α,β-unsaturated/α-hetero) is 1. The Bertz CT molecular complexity index is 439. The lowest BCUT2D eigenvalue weighted by Crippen LogP contribution is -2.35. The van der Waals surface area contributed by atoms with Gasteiger partial charge in [0.25, 0.3) is 9.49 Å². The molecule has 1 heterocycles. The second-order valence-electron chi connectivity index (χ2n) is 2.64. The van der Waals surface area contributed by atoms with Crippen LogP contribution in [-0.2, 0) is 4.79 Å². The van der Waals surface area contributed by atoms with Gasteiger partial charge in [0, 0.05) is 6.92 Å². The van der Waals surface area contributed by atoms with Crippen LogP contribution in [0.2, 0.25) is 0 Å². The molecule has 0 aromatic carbocycles. The summed E-state index contributed by atoms with van der Waals surface area (Å²) < 4.78 is 1.85. The Balaban J connectivity index is 3.02. The van der Waals surface area contributed by atoms with Crippen molar-refractivity contribution < 1.29 is 19.1 Å². The third-order valence-corrected chi connectivity index (χ3v) is 1.95. The van der Waals surface area contributed by atoms with Crippen molar-refractivity contribution in [1.29, 1.82) is 0 Å². The molecular weight excluding hydrogens is 284 g/mol. The first kappa shape index (κ1) is 13.0. The molecule has 16 heavy (non-hydrogen) atoms. The van der Waals surface area contributed by atoms with Gasteiger partial charge < -0.3 is 9.84 Å². The fraction of sp³-hybridized carbons (Fsp3) is 0.333. The minimum Gasteiger partial charge on any atom is -0.391 e. The number of hydrogen-bond donors (Lipinski definition) is 1. The first-order valence-corrected chi connectivity index (χ1v) is 4.85. The first-order chi connectivity index (χ1) is 7.23. The molecule has 0 aliphatic heterocycles. The minimum atomic E-state index is -2.27. The fourth-order valence-corrected chi connectivity index (χ4v) is 0.904. The van der Waals surface area contributed by atoms with Crippen LogP contribution < -0.4 is 10.2 Å². The summed E-state index contributed by atoms with van der Waals surface area (Å²) in [6.45, 7) is 1.13. The predicted octanol–water partition coefficient (Wildman–Crippen LogP) is 0.819. The number of carbonyl (C=O) groups is 2. The van der Waals surface area contributed by atoms with E-state index in [2.05, 4.69) is 9.79 Å². The van der Waals surface area contributed by atoms with E-state index >= 15 is 0 Å². The maximum Gasteiger partial charge on any atom is 0.332 e. The number of halogens is 3. The SMILES string of the molecule is CC(=O)c1no[n+]([O-])c1NC(=O)C(Cl)(Cl)Cl. The van der Waals surface area contributed by atoms with E-state index < -0.39 is 21.3 Å². The van der Waals surface area contributed by atoms with E-state index in [0.29, 0.717) is 0 Å². The summed E-state index contributed by atoms with van der Waals surface area (Å²) in [7, 11) is 0. The van der Waals surface area contributed by atoms with Gasteiger partial charge in [0.2, 0.25) is 5.78 Å². The summed E-state index contributed by atoms with van der Waals surface area (Å²) in [6, 6.07) is 0. The normalized spacial score (nSPS) is 11.2. The molecule has 0 aliphatic carbocycles. The molecule has 1 N–H and O–H groups in total. The lowest BCUT2D eigenvalue weighted by Gasteiger charge is -2.06. The quantitative estimate of drug-likeness (QED) is 0.493. The van der Waals surface area contributed by atoms with Gasteiger partial charge in [-0.2, -0.15) is 0 Å². The Morgan fingerprint density at radius 3 is 2.50 bits per heavy atom. The van der Waals surface area contributed by atoms with Crippen LogP contribution in [0, 0.1) is 5.21 Å². The van der Waals surface area contributed by atoms with Crippen LogP contribution >= 0.6 is 34.8 Å². The van der Waals surface area contributed by atoms with Crippen molar-refractivity contribution in [2.75, 3.05) is 5.32 Å². The van der Waals surface area contributed by atoms with Crippen molar-refractivity contribution in [3.05, 3.63) is 10.9 Å². The lowest BCUT2D eigenvalue weighted by molar-refractivity contribution is -0.790. The summed E-state index contributed by atoms with van der Waals surface area (Å²) in [5, 5.41) is 16.0. The highest BCUT2D eigenvalue weighted by Gasteiger charge is 2.36. The smallest absolute Gasteiger partial charge is 0.332 e. The van der Waals surface area contributed by atoms with Crippen molar-refractivity contribution in [2.45, 2.75) is 10.7 Å². The number of nitrogens with zero attached hydrogens (tertiary/aromatic N) is 2. The number of alkyl halides is 3. The number of nitrogens with one attached hydrogen (secondary N) is 1. The average Bonchev–Trinajstić information content (AvgIpc) is 2.46. The number of anilines is 1. The number of carbonyl (C=O) groups excluding carboxylic acids is 2. The van der Waals surface area contributed by atoms with E-state index in [-0.39, 0.29) is 10.6 Å². The molecule has 7 nitrogen and oxygen atoms in total. The highest BCUT2D eigenvalue weighted by Crippen LogP contribution is 2.27. The number of hydrogen-bond acceptors (Lipinski definition) is 5. The van der Waals surface area contributed by atoms with Crippen LogP contribution in [0.4, 0.5) is 5.82 Å². The summed E-state index contributed by atoms with van der Waals surface area (Å²) in [5.74, 6) is -2.21. The van der Waals surface area contributed by atoms with E-state index in [1.807, 2.05) is 5.32 Å². The van der Waals surface area contributed by atoms with Crippen molar-refractivity contribution in [3.63, 3.8) is 0 Å². The Morgan fingerprint density at radius 1 is 1.50 bits per heavy atom. The van der Waals surface area contributed by atoms with Crippen LogP contribution in [0.3, 0.4) is 0 Å². The van der Waals surface area contributed by atoms with Gasteiger partial charge in [0.1, 0.15) is 0 Å². The molecule has 10 heteroatoms. The largest absolute Gasteiger partial charge is 0.391 e. The summed E-state index contributed by atoms with van der Waals surface area (Å²) >= 11 is 15.8. The number of amides is 1. The molecule has 0 saturated heterocycles. The molecule has 0 radical (unpaired) electrons. The summed E-state index contributed by atoms with van der Waals surface area (Å²) in [4.78, 5) is 22.0. The Labute approximate surface area is 104 Å². The van der Waals surface area contributed by atoms with Gasteiger partial charge in [-0.05, 0) is 5.16 Å². The van der Waals surface area contributed by atoms with Crippen LogP contribution in [0.5, 0.6) is 0 Å². The molecule has 0 bridgehead atoms. The summed E-state index contributed by atoms with van der Waals surface area (Å²) in [6.07, 6.45) is 0. The second kappa shape index (κ2) is 4.44. The van der Waals surface area contributed by atoms with Crippen LogP contribution in [0.15, 0.2) is 4.63 Å². The molecule has 1 rings (SSSR count). The Morgan fingerprint density at radius 2 is 2.06 bits per heavy atom. The number of aromatic nitrogens is 2. The Hall–Kier alpha value is -1.05. The van der Waals surface area contributed by atoms with Gasteiger partial charge in [0.15, 0.2) is 0 Å². The standard InChI is InChI=1S/C6H4Cl3N3O4/c1-2(13)3-4(12(15)16-11-3)10-5(14)6(7,8)9/h1H3,(H,10,14). The number of ketones is 1. The zero-order valence-electron chi connectivity index (χ0n) is 7.66. The van der Waals surface area contributed by atoms with E-state index in [0.717, 1.165) is 6.92 Å². The first-order valence-electron chi connectivity index (χ1n) is 3.72. The maximum atomic E-state index is 11.2. The molecule has 1 aromatic heterocycles. The zero-order valence-corrected chi connectivity index (χ0v) is 9.93. The van der Waals surface area contributed by atoms with Gasteiger partial charge in [0.05, 0.1) is 0 Å². The molecule has 0 atom stereocenters. The highest BCUT2D eigenvalue weighted by molar-refractivity contribution is 6.76. The molecule has 0 fully saturated rings. The highest BCUT2D eigenvalue weighted by atomic mass is 35.6. The molecule has 0 spiro atoms. The molecule has 0 aliphatic rings. The van der Waals surface area contributed by atoms with E-state index in [1.165, 1.54) is 0 Å². The topological polar surface area (TPSA) is 99.1 Å². The third kappa shape index (κ3) is 2.75. The van der Waals surface area contributed by atoms with Gasteiger partial charge >= 0.3 is 11.7 Å². The molecule has 0 unspecified atom stereocenters. The monoisotopic (exact) mass is 287 g/mol. The van der Waals surface area contributed by atoms with Crippen LogP contribution in [-0.4, -0.2) is 20.6 Å². The van der Waals surface area contributed by atoms with E-state index in [1.54, 1.807) is 0 Å². The molecule has 88 valence electrons. The van der Waals surface area contributed by atoms with Gasteiger partial charge in [-0.3, -0.25) is 9.59 Å². The van der Waals surface area contributed by atoms with Crippen molar-refractivity contribution in [3.8, 4) is 0 Å².